The second kappa shape index (κ2) is 4.30. The third-order valence-electron chi connectivity index (χ3n) is 4.02. The lowest BCUT2D eigenvalue weighted by atomic mass is 9.84. The number of oxime groups is 1. The summed E-state index contributed by atoms with van der Waals surface area (Å²) in [4.78, 5) is 9.13. The van der Waals surface area contributed by atoms with Crippen molar-refractivity contribution in [1.29, 1.82) is 0 Å². The van der Waals surface area contributed by atoms with Gasteiger partial charge >= 0.3 is 0 Å². The van der Waals surface area contributed by atoms with Crippen molar-refractivity contribution in [3.8, 4) is 0 Å². The minimum absolute atomic E-state index is 0.544. The van der Waals surface area contributed by atoms with Crippen LogP contribution in [0.15, 0.2) is 23.5 Å². The normalized spacial score (nSPS) is 33.3. The van der Waals surface area contributed by atoms with Crippen LogP contribution in [0, 0.1) is 11.8 Å². The van der Waals surface area contributed by atoms with Gasteiger partial charge in [-0.15, -0.1) is 0 Å². The average molecular weight is 251 g/mol. The van der Waals surface area contributed by atoms with Crippen LogP contribution < -0.4 is 0 Å². The van der Waals surface area contributed by atoms with E-state index in [0.29, 0.717) is 22.9 Å². The van der Waals surface area contributed by atoms with Gasteiger partial charge in [-0.05, 0) is 36.8 Å². The molecule has 2 aliphatic carbocycles. The standard InChI is InChI=1S/C13H15ClN2O/c1-17-16-13-8-2-4-10(13)11(6-8)9-3-5-12(14)15-7-9/h3,5,7-8,10-11H,2,4,6H2,1H3/t8-,10+,11+/m0/s1. The average Bonchev–Trinajstić information content (AvgIpc) is 2.88. The Morgan fingerprint density at radius 1 is 1.35 bits per heavy atom. The molecule has 0 spiro atoms. The highest BCUT2D eigenvalue weighted by Crippen LogP contribution is 2.51. The monoisotopic (exact) mass is 250 g/mol. The lowest BCUT2D eigenvalue weighted by molar-refractivity contribution is 0.211. The smallest absolute Gasteiger partial charge is 0.129 e. The Morgan fingerprint density at radius 3 is 2.94 bits per heavy atom. The molecule has 0 saturated heterocycles. The number of aromatic nitrogens is 1. The molecule has 0 radical (unpaired) electrons. The van der Waals surface area contributed by atoms with Crippen molar-refractivity contribution >= 4 is 17.3 Å². The zero-order chi connectivity index (χ0) is 11.8. The Kier molecular flexibility index (Phi) is 2.79. The first kappa shape index (κ1) is 11.0. The van der Waals surface area contributed by atoms with Crippen LogP contribution in [0.4, 0.5) is 0 Å². The Morgan fingerprint density at radius 2 is 2.24 bits per heavy atom. The van der Waals surface area contributed by atoms with Crippen molar-refractivity contribution in [3.05, 3.63) is 29.0 Å². The maximum atomic E-state index is 5.82. The first-order chi connectivity index (χ1) is 8.29. The topological polar surface area (TPSA) is 34.5 Å². The van der Waals surface area contributed by atoms with Crippen molar-refractivity contribution in [1.82, 2.24) is 4.98 Å². The van der Waals surface area contributed by atoms with Crippen molar-refractivity contribution in [2.24, 2.45) is 17.0 Å². The summed E-state index contributed by atoms with van der Waals surface area (Å²) in [5.74, 6) is 1.70. The molecule has 0 amide bonds. The van der Waals surface area contributed by atoms with Crippen LogP contribution in [0.2, 0.25) is 5.15 Å². The third kappa shape index (κ3) is 1.82. The fraction of sp³-hybridized carbons (Fsp3) is 0.538. The summed E-state index contributed by atoms with van der Waals surface area (Å²) in [5.41, 5.74) is 2.54. The summed E-state index contributed by atoms with van der Waals surface area (Å²) in [6.07, 6.45) is 5.55. The molecular formula is C13H15ClN2O. The molecule has 0 aliphatic heterocycles. The molecule has 0 aromatic carbocycles. The van der Waals surface area contributed by atoms with Crippen LogP contribution in [0.3, 0.4) is 0 Å². The number of hydrogen-bond donors (Lipinski definition) is 0. The molecule has 1 heterocycles. The number of pyridine rings is 1. The minimum Gasteiger partial charge on any atom is -0.399 e. The first-order valence-electron chi connectivity index (χ1n) is 6.02. The summed E-state index contributed by atoms with van der Waals surface area (Å²) >= 11 is 5.82. The van der Waals surface area contributed by atoms with Crippen LogP contribution in [0.25, 0.3) is 0 Å². The largest absolute Gasteiger partial charge is 0.399 e. The molecule has 3 rings (SSSR count). The predicted octanol–water partition coefficient (Wildman–Crippen LogP) is 3.25. The summed E-state index contributed by atoms with van der Waals surface area (Å²) in [6.45, 7) is 0. The summed E-state index contributed by atoms with van der Waals surface area (Å²) in [5, 5.41) is 4.77. The van der Waals surface area contributed by atoms with Crippen LogP contribution in [-0.2, 0) is 4.84 Å². The van der Waals surface area contributed by atoms with E-state index in [9.17, 15) is 0 Å². The summed E-state index contributed by atoms with van der Waals surface area (Å²) < 4.78 is 0. The predicted molar refractivity (Wildman–Crippen MR) is 67.3 cm³/mol. The van der Waals surface area contributed by atoms with Gasteiger partial charge in [0.2, 0.25) is 0 Å². The summed E-state index contributed by atoms with van der Waals surface area (Å²) in [6, 6.07) is 3.96. The third-order valence-corrected chi connectivity index (χ3v) is 4.25. The van der Waals surface area contributed by atoms with Crippen molar-refractivity contribution in [3.63, 3.8) is 0 Å². The maximum absolute atomic E-state index is 5.82. The van der Waals surface area contributed by atoms with E-state index in [4.69, 9.17) is 16.4 Å². The SMILES string of the molecule is CON=C1[C@H]2CC[C@@H]1[C@@H](c1ccc(Cl)nc1)C2. The van der Waals surface area contributed by atoms with Gasteiger partial charge in [-0.1, -0.05) is 22.8 Å². The molecule has 2 bridgehead atoms. The molecule has 1 aromatic heterocycles. The van der Waals surface area contributed by atoms with E-state index in [1.54, 1.807) is 7.11 Å². The van der Waals surface area contributed by atoms with E-state index in [2.05, 4.69) is 16.2 Å². The Hall–Kier alpha value is -1.09. The molecular weight excluding hydrogens is 236 g/mol. The van der Waals surface area contributed by atoms with Crippen LogP contribution in [0.1, 0.15) is 30.7 Å². The highest BCUT2D eigenvalue weighted by atomic mass is 35.5. The molecule has 0 unspecified atom stereocenters. The molecule has 3 atom stereocenters. The molecule has 2 saturated carbocycles. The fourth-order valence-electron chi connectivity index (χ4n) is 3.32. The van der Waals surface area contributed by atoms with Crippen molar-refractivity contribution in [2.75, 3.05) is 7.11 Å². The zero-order valence-electron chi connectivity index (χ0n) is 9.77. The summed E-state index contributed by atoms with van der Waals surface area (Å²) in [7, 11) is 1.63. The number of hydrogen-bond acceptors (Lipinski definition) is 3. The number of nitrogens with zero attached hydrogens (tertiary/aromatic N) is 2. The van der Waals surface area contributed by atoms with Gasteiger partial charge in [0.1, 0.15) is 12.3 Å². The van der Waals surface area contributed by atoms with Gasteiger partial charge in [-0.25, -0.2) is 4.98 Å². The van der Waals surface area contributed by atoms with E-state index in [0.717, 1.165) is 0 Å². The Labute approximate surface area is 106 Å². The van der Waals surface area contributed by atoms with Gasteiger partial charge in [0.15, 0.2) is 0 Å². The van der Waals surface area contributed by atoms with E-state index in [1.807, 2.05) is 12.3 Å². The van der Waals surface area contributed by atoms with Gasteiger partial charge in [0.25, 0.3) is 0 Å². The maximum Gasteiger partial charge on any atom is 0.129 e. The number of rotatable bonds is 2. The molecule has 0 N–H and O–H groups in total. The number of fused-ring (bicyclic) bond motifs is 2. The first-order valence-corrected chi connectivity index (χ1v) is 6.39. The van der Waals surface area contributed by atoms with Crippen LogP contribution >= 0.6 is 11.6 Å². The Bertz CT molecular complexity index is 443. The van der Waals surface area contributed by atoms with Gasteiger partial charge in [-0.3, -0.25) is 0 Å². The molecule has 4 heteroatoms. The van der Waals surface area contributed by atoms with E-state index >= 15 is 0 Å². The van der Waals surface area contributed by atoms with E-state index < -0.39 is 0 Å². The fourth-order valence-corrected chi connectivity index (χ4v) is 3.43. The van der Waals surface area contributed by atoms with Gasteiger partial charge in [0, 0.05) is 18.0 Å². The lowest BCUT2D eigenvalue weighted by Crippen LogP contribution is -2.11. The van der Waals surface area contributed by atoms with Crippen molar-refractivity contribution < 1.29 is 4.84 Å². The molecule has 2 fully saturated rings. The molecule has 17 heavy (non-hydrogen) atoms. The highest BCUT2D eigenvalue weighted by molar-refractivity contribution is 6.29. The van der Waals surface area contributed by atoms with Gasteiger partial charge in [0.05, 0.1) is 5.71 Å². The quantitative estimate of drug-likeness (QED) is 0.597. The molecule has 3 nitrogen and oxygen atoms in total. The minimum atomic E-state index is 0.544. The van der Waals surface area contributed by atoms with Gasteiger partial charge in [-0.2, -0.15) is 0 Å². The number of halogens is 1. The highest BCUT2D eigenvalue weighted by Gasteiger charge is 2.46. The van der Waals surface area contributed by atoms with Gasteiger partial charge < -0.3 is 4.84 Å². The zero-order valence-corrected chi connectivity index (χ0v) is 10.5. The second-order valence-electron chi connectivity index (χ2n) is 4.84. The van der Waals surface area contributed by atoms with Crippen LogP contribution in [0.5, 0.6) is 0 Å². The lowest BCUT2D eigenvalue weighted by Gasteiger charge is -2.20. The van der Waals surface area contributed by atoms with E-state index in [-0.39, 0.29) is 0 Å². The van der Waals surface area contributed by atoms with Crippen LogP contribution in [-0.4, -0.2) is 17.8 Å². The van der Waals surface area contributed by atoms with Crippen molar-refractivity contribution in [2.45, 2.75) is 25.2 Å². The molecule has 2 aliphatic rings. The Balaban J connectivity index is 1.87. The second-order valence-corrected chi connectivity index (χ2v) is 5.22. The van der Waals surface area contributed by atoms with E-state index in [1.165, 1.54) is 30.5 Å². The molecule has 1 aromatic rings. The molecule has 90 valence electrons.